The van der Waals surface area contributed by atoms with Crippen LogP contribution < -0.4 is 4.90 Å². The van der Waals surface area contributed by atoms with Crippen LogP contribution in [0.5, 0.6) is 0 Å². The van der Waals surface area contributed by atoms with E-state index in [-0.39, 0.29) is 11.7 Å². The third kappa shape index (κ3) is 3.40. The molecule has 1 rings (SSSR count). The molecule has 0 saturated heterocycles. The smallest absolute Gasteiger partial charge is 0.312 e. The van der Waals surface area contributed by atoms with Gasteiger partial charge in [0.2, 0.25) is 5.82 Å². The number of rotatable bonds is 5. The maximum absolute atomic E-state index is 11.0. The van der Waals surface area contributed by atoms with E-state index in [1.807, 2.05) is 19.9 Å². The van der Waals surface area contributed by atoms with E-state index in [4.69, 9.17) is 5.26 Å². The Morgan fingerprint density at radius 1 is 1.67 bits per heavy atom. The average molecular weight is 313 g/mol. The Balaban J connectivity index is 3.19. The average Bonchev–Trinajstić information content (AvgIpc) is 2.30. The van der Waals surface area contributed by atoms with Crippen LogP contribution in [-0.4, -0.2) is 22.5 Å². The maximum Gasteiger partial charge on any atom is 0.312 e. The molecular formula is C11H13BrN4O2. The van der Waals surface area contributed by atoms with Gasteiger partial charge in [-0.2, -0.15) is 5.26 Å². The molecule has 0 atom stereocenters. The zero-order chi connectivity index (χ0) is 13.7. The highest BCUT2D eigenvalue weighted by molar-refractivity contribution is 9.10. The van der Waals surface area contributed by atoms with Crippen LogP contribution in [0.1, 0.15) is 20.3 Å². The van der Waals surface area contributed by atoms with Gasteiger partial charge >= 0.3 is 5.69 Å². The normalized spacial score (nSPS) is 10.2. The number of nitrogens with zero attached hydrogens (tertiary/aromatic N) is 4. The molecule has 0 bridgehead atoms. The van der Waals surface area contributed by atoms with Crippen molar-refractivity contribution in [3.05, 3.63) is 26.9 Å². The highest BCUT2D eigenvalue weighted by Crippen LogP contribution is 2.29. The lowest BCUT2D eigenvalue weighted by Crippen LogP contribution is -2.32. The Bertz CT molecular complexity index is 484. The predicted molar refractivity (Wildman–Crippen MR) is 71.3 cm³/mol. The van der Waals surface area contributed by atoms with Gasteiger partial charge in [-0.1, -0.05) is 0 Å². The van der Waals surface area contributed by atoms with Gasteiger partial charge in [-0.05, 0) is 29.8 Å². The van der Waals surface area contributed by atoms with Crippen molar-refractivity contribution in [2.75, 3.05) is 11.4 Å². The first-order valence-corrected chi connectivity index (χ1v) is 6.20. The van der Waals surface area contributed by atoms with E-state index in [0.29, 0.717) is 23.3 Å². The fraction of sp³-hybridized carbons (Fsp3) is 0.455. The number of nitriles is 1. The van der Waals surface area contributed by atoms with Crippen molar-refractivity contribution < 1.29 is 4.92 Å². The van der Waals surface area contributed by atoms with E-state index in [1.54, 1.807) is 4.90 Å². The third-order valence-electron chi connectivity index (χ3n) is 2.37. The van der Waals surface area contributed by atoms with Crippen molar-refractivity contribution in [3.63, 3.8) is 0 Å². The molecule has 96 valence electrons. The standard InChI is InChI=1S/C11H13BrN4O2/c1-8(2)15(5-3-4-13)11-10(16(17)18)6-9(12)7-14-11/h6-8H,3,5H2,1-2H3. The minimum atomic E-state index is -0.463. The summed E-state index contributed by atoms with van der Waals surface area (Å²) in [5.74, 6) is 0.299. The van der Waals surface area contributed by atoms with Crippen molar-refractivity contribution in [1.29, 1.82) is 5.26 Å². The summed E-state index contributed by atoms with van der Waals surface area (Å²) in [6.45, 7) is 4.24. The molecule has 0 aromatic carbocycles. The molecule has 1 aromatic rings. The fourth-order valence-corrected chi connectivity index (χ4v) is 1.88. The predicted octanol–water partition coefficient (Wildman–Crippen LogP) is 2.88. The van der Waals surface area contributed by atoms with Crippen LogP contribution in [0.3, 0.4) is 0 Å². The molecule has 18 heavy (non-hydrogen) atoms. The van der Waals surface area contributed by atoms with E-state index in [2.05, 4.69) is 20.9 Å². The van der Waals surface area contributed by atoms with Gasteiger partial charge in [-0.15, -0.1) is 0 Å². The first-order chi connectivity index (χ1) is 8.47. The molecule has 0 saturated carbocycles. The zero-order valence-corrected chi connectivity index (χ0v) is 11.7. The largest absolute Gasteiger partial charge is 0.347 e. The zero-order valence-electron chi connectivity index (χ0n) is 10.1. The number of anilines is 1. The molecule has 0 N–H and O–H groups in total. The van der Waals surface area contributed by atoms with E-state index >= 15 is 0 Å². The molecule has 0 radical (unpaired) electrons. The monoisotopic (exact) mass is 312 g/mol. The van der Waals surface area contributed by atoms with Gasteiger partial charge in [0.25, 0.3) is 0 Å². The van der Waals surface area contributed by atoms with E-state index < -0.39 is 4.92 Å². The minimum Gasteiger partial charge on any atom is -0.347 e. The van der Waals surface area contributed by atoms with Gasteiger partial charge in [-0.25, -0.2) is 4.98 Å². The summed E-state index contributed by atoms with van der Waals surface area (Å²) in [6, 6.07) is 3.49. The second kappa shape index (κ2) is 6.31. The summed E-state index contributed by atoms with van der Waals surface area (Å²) in [5.41, 5.74) is -0.0592. The van der Waals surface area contributed by atoms with Gasteiger partial charge in [0.1, 0.15) is 0 Å². The Labute approximate surface area is 114 Å². The topological polar surface area (TPSA) is 83.1 Å². The highest BCUT2D eigenvalue weighted by atomic mass is 79.9. The van der Waals surface area contributed by atoms with Crippen LogP contribution in [0.15, 0.2) is 16.7 Å². The van der Waals surface area contributed by atoms with Gasteiger partial charge < -0.3 is 4.90 Å². The van der Waals surface area contributed by atoms with Gasteiger partial charge in [0.15, 0.2) is 0 Å². The minimum absolute atomic E-state index is 0.0331. The summed E-state index contributed by atoms with van der Waals surface area (Å²) in [7, 11) is 0. The first-order valence-electron chi connectivity index (χ1n) is 5.41. The summed E-state index contributed by atoms with van der Waals surface area (Å²) < 4.78 is 0.557. The summed E-state index contributed by atoms with van der Waals surface area (Å²) in [5, 5.41) is 19.7. The fourth-order valence-electron chi connectivity index (χ4n) is 1.56. The highest BCUT2D eigenvalue weighted by Gasteiger charge is 2.23. The molecule has 0 amide bonds. The molecule has 0 spiro atoms. The van der Waals surface area contributed by atoms with Crippen LogP contribution in [0.4, 0.5) is 11.5 Å². The molecule has 0 aliphatic carbocycles. The van der Waals surface area contributed by atoms with Crippen molar-refractivity contribution in [3.8, 4) is 6.07 Å². The Morgan fingerprint density at radius 3 is 2.83 bits per heavy atom. The van der Waals surface area contributed by atoms with Gasteiger partial charge in [-0.3, -0.25) is 10.1 Å². The lowest BCUT2D eigenvalue weighted by molar-refractivity contribution is -0.384. The quantitative estimate of drug-likeness (QED) is 0.616. The SMILES string of the molecule is CC(C)N(CCC#N)c1ncc(Br)cc1[N+](=O)[O-]. The summed E-state index contributed by atoms with van der Waals surface area (Å²) in [6.07, 6.45) is 1.82. The van der Waals surface area contributed by atoms with Crippen LogP contribution in [-0.2, 0) is 0 Å². The molecule has 6 nitrogen and oxygen atoms in total. The molecule has 0 aliphatic rings. The van der Waals surface area contributed by atoms with Crippen LogP contribution in [0.2, 0.25) is 0 Å². The van der Waals surface area contributed by atoms with Gasteiger partial charge in [0, 0.05) is 29.3 Å². The maximum atomic E-state index is 11.0. The Hall–Kier alpha value is -1.68. The van der Waals surface area contributed by atoms with Crippen LogP contribution >= 0.6 is 15.9 Å². The Kier molecular flexibility index (Phi) is 5.04. The first kappa shape index (κ1) is 14.4. The number of halogens is 1. The number of hydrogen-bond acceptors (Lipinski definition) is 5. The van der Waals surface area contributed by atoms with Gasteiger partial charge in [0.05, 0.1) is 17.4 Å². The third-order valence-corrected chi connectivity index (χ3v) is 2.80. The van der Waals surface area contributed by atoms with Crippen molar-refractivity contribution in [2.45, 2.75) is 26.3 Å². The summed E-state index contributed by atoms with van der Waals surface area (Å²) >= 11 is 3.17. The Morgan fingerprint density at radius 2 is 2.33 bits per heavy atom. The molecular weight excluding hydrogens is 300 g/mol. The number of nitro groups is 1. The lowest BCUT2D eigenvalue weighted by atomic mass is 10.2. The molecule has 0 fully saturated rings. The molecule has 1 heterocycles. The second-order valence-electron chi connectivity index (χ2n) is 3.95. The second-order valence-corrected chi connectivity index (χ2v) is 4.86. The molecule has 0 aliphatic heterocycles. The van der Waals surface area contributed by atoms with E-state index in [0.717, 1.165) is 0 Å². The van der Waals surface area contributed by atoms with Crippen molar-refractivity contribution >= 4 is 27.4 Å². The van der Waals surface area contributed by atoms with Crippen molar-refractivity contribution in [2.24, 2.45) is 0 Å². The van der Waals surface area contributed by atoms with Crippen LogP contribution in [0.25, 0.3) is 0 Å². The number of pyridine rings is 1. The van der Waals surface area contributed by atoms with Crippen molar-refractivity contribution in [1.82, 2.24) is 4.98 Å². The molecule has 7 heteroatoms. The number of hydrogen-bond donors (Lipinski definition) is 0. The van der Waals surface area contributed by atoms with E-state index in [9.17, 15) is 10.1 Å². The van der Waals surface area contributed by atoms with Crippen LogP contribution in [0, 0.1) is 21.4 Å². The van der Waals surface area contributed by atoms with E-state index in [1.165, 1.54) is 12.3 Å². The lowest BCUT2D eigenvalue weighted by Gasteiger charge is -2.26. The number of aromatic nitrogens is 1. The summed E-state index contributed by atoms with van der Waals surface area (Å²) in [4.78, 5) is 16.4. The molecule has 0 unspecified atom stereocenters. The molecule has 1 aromatic heterocycles.